The highest BCUT2D eigenvalue weighted by Crippen LogP contribution is 2.23. The third-order valence-corrected chi connectivity index (χ3v) is 2.41. The highest BCUT2D eigenvalue weighted by atomic mass is 16.5. The van der Waals surface area contributed by atoms with E-state index in [1.165, 1.54) is 0 Å². The minimum Gasteiger partial charge on any atom is -0.495 e. The molecule has 0 bridgehead atoms. The normalized spacial score (nSPS) is 9.94. The van der Waals surface area contributed by atoms with E-state index in [0.717, 1.165) is 0 Å². The molecule has 0 saturated carbocycles. The fourth-order valence-electron chi connectivity index (χ4n) is 1.55. The van der Waals surface area contributed by atoms with Gasteiger partial charge in [0.1, 0.15) is 5.75 Å². The number of carboxylic acids is 1. The molecule has 17 heavy (non-hydrogen) atoms. The molecule has 0 unspecified atom stereocenters. The summed E-state index contributed by atoms with van der Waals surface area (Å²) < 4.78 is 5.00. The summed E-state index contributed by atoms with van der Waals surface area (Å²) in [6, 6.07) is 10.3. The Balaban J connectivity index is 2.48. The summed E-state index contributed by atoms with van der Waals surface area (Å²) in [6.07, 6.45) is 1.56. The Morgan fingerprint density at radius 1 is 1.24 bits per heavy atom. The van der Waals surface area contributed by atoms with Crippen molar-refractivity contribution in [3.63, 3.8) is 0 Å². The Labute approximate surface area is 98.5 Å². The predicted molar refractivity (Wildman–Crippen MR) is 63.2 cm³/mol. The SMILES string of the molecule is COc1ccc(-c2ccccc2C(=O)O)nc1. The smallest absolute Gasteiger partial charge is 0.336 e. The van der Waals surface area contributed by atoms with Crippen LogP contribution >= 0.6 is 0 Å². The van der Waals surface area contributed by atoms with Crippen LogP contribution in [0.5, 0.6) is 5.75 Å². The molecule has 4 heteroatoms. The highest BCUT2D eigenvalue weighted by molar-refractivity contribution is 5.95. The van der Waals surface area contributed by atoms with E-state index in [1.807, 2.05) is 0 Å². The summed E-state index contributed by atoms with van der Waals surface area (Å²) in [5, 5.41) is 9.08. The Kier molecular flexibility index (Phi) is 3.05. The number of nitrogens with zero attached hydrogens (tertiary/aromatic N) is 1. The van der Waals surface area contributed by atoms with Crippen LogP contribution in [0.4, 0.5) is 0 Å². The maximum Gasteiger partial charge on any atom is 0.336 e. The number of hydrogen-bond acceptors (Lipinski definition) is 3. The maximum absolute atomic E-state index is 11.1. The van der Waals surface area contributed by atoms with Crippen LogP contribution in [0, 0.1) is 0 Å². The van der Waals surface area contributed by atoms with E-state index in [2.05, 4.69) is 4.98 Å². The van der Waals surface area contributed by atoms with Crippen molar-refractivity contribution >= 4 is 5.97 Å². The van der Waals surface area contributed by atoms with Gasteiger partial charge in [-0.25, -0.2) is 4.79 Å². The minimum atomic E-state index is -0.960. The van der Waals surface area contributed by atoms with Crippen LogP contribution in [-0.2, 0) is 0 Å². The third-order valence-electron chi connectivity index (χ3n) is 2.41. The Morgan fingerprint density at radius 3 is 2.59 bits per heavy atom. The lowest BCUT2D eigenvalue weighted by atomic mass is 10.0. The molecular formula is C13H11NO3. The molecule has 0 radical (unpaired) electrons. The van der Waals surface area contributed by atoms with Crippen molar-refractivity contribution in [3.8, 4) is 17.0 Å². The quantitative estimate of drug-likeness (QED) is 0.878. The first-order valence-corrected chi connectivity index (χ1v) is 5.05. The Hall–Kier alpha value is -2.36. The molecule has 0 saturated heterocycles. The van der Waals surface area contributed by atoms with Crippen molar-refractivity contribution in [1.82, 2.24) is 4.98 Å². The molecule has 0 aliphatic carbocycles. The van der Waals surface area contributed by atoms with Gasteiger partial charge >= 0.3 is 5.97 Å². The molecule has 0 fully saturated rings. The van der Waals surface area contributed by atoms with Gasteiger partial charge in [-0.2, -0.15) is 0 Å². The Morgan fingerprint density at radius 2 is 2.00 bits per heavy atom. The molecule has 1 N–H and O–H groups in total. The third kappa shape index (κ3) is 2.25. The fourth-order valence-corrected chi connectivity index (χ4v) is 1.55. The minimum absolute atomic E-state index is 0.241. The van der Waals surface area contributed by atoms with Crippen molar-refractivity contribution in [2.75, 3.05) is 7.11 Å². The molecule has 1 aromatic carbocycles. The van der Waals surface area contributed by atoms with E-state index >= 15 is 0 Å². The van der Waals surface area contributed by atoms with Crippen molar-refractivity contribution < 1.29 is 14.6 Å². The second-order valence-electron chi connectivity index (χ2n) is 3.43. The monoisotopic (exact) mass is 229 g/mol. The van der Waals surface area contributed by atoms with Crippen molar-refractivity contribution in [1.29, 1.82) is 0 Å². The number of pyridine rings is 1. The number of methoxy groups -OCH3 is 1. The first-order chi connectivity index (χ1) is 8.22. The van der Waals surface area contributed by atoms with Crippen LogP contribution in [0.2, 0.25) is 0 Å². The largest absolute Gasteiger partial charge is 0.495 e. The summed E-state index contributed by atoms with van der Waals surface area (Å²) in [6.45, 7) is 0. The number of ether oxygens (including phenoxy) is 1. The van der Waals surface area contributed by atoms with Crippen LogP contribution < -0.4 is 4.74 Å². The van der Waals surface area contributed by atoms with Crippen LogP contribution in [0.15, 0.2) is 42.6 Å². The zero-order valence-electron chi connectivity index (χ0n) is 9.25. The van der Waals surface area contributed by atoms with Gasteiger partial charge in [0, 0.05) is 5.56 Å². The van der Waals surface area contributed by atoms with E-state index in [0.29, 0.717) is 17.0 Å². The second kappa shape index (κ2) is 4.65. The number of rotatable bonds is 3. The number of carbonyl (C=O) groups is 1. The lowest BCUT2D eigenvalue weighted by Gasteiger charge is -2.05. The van der Waals surface area contributed by atoms with Gasteiger partial charge < -0.3 is 9.84 Å². The van der Waals surface area contributed by atoms with Crippen LogP contribution in [-0.4, -0.2) is 23.2 Å². The number of aromatic carboxylic acids is 1. The average Bonchev–Trinajstić information content (AvgIpc) is 2.39. The van der Waals surface area contributed by atoms with Crippen molar-refractivity contribution in [2.24, 2.45) is 0 Å². The van der Waals surface area contributed by atoms with E-state index in [4.69, 9.17) is 9.84 Å². The molecule has 86 valence electrons. The maximum atomic E-state index is 11.1. The molecule has 0 spiro atoms. The molecule has 2 rings (SSSR count). The van der Waals surface area contributed by atoms with Crippen LogP contribution in [0.1, 0.15) is 10.4 Å². The molecule has 1 aromatic heterocycles. The van der Waals surface area contributed by atoms with Gasteiger partial charge in [0.2, 0.25) is 0 Å². The van der Waals surface area contributed by atoms with Crippen molar-refractivity contribution in [3.05, 3.63) is 48.2 Å². The first kappa shape index (κ1) is 11.1. The standard InChI is InChI=1S/C13H11NO3/c1-17-9-6-7-12(14-8-9)10-4-2-3-5-11(10)13(15)16/h2-8H,1H3,(H,15,16). The molecule has 0 aliphatic heterocycles. The topological polar surface area (TPSA) is 59.4 Å². The average molecular weight is 229 g/mol. The molecule has 4 nitrogen and oxygen atoms in total. The molecule has 0 atom stereocenters. The second-order valence-corrected chi connectivity index (χ2v) is 3.43. The first-order valence-electron chi connectivity index (χ1n) is 5.05. The van der Waals surface area contributed by atoms with Gasteiger partial charge in [0.25, 0.3) is 0 Å². The van der Waals surface area contributed by atoms with Gasteiger partial charge in [-0.15, -0.1) is 0 Å². The number of hydrogen-bond donors (Lipinski definition) is 1. The zero-order chi connectivity index (χ0) is 12.3. The van der Waals surface area contributed by atoms with Crippen molar-refractivity contribution in [2.45, 2.75) is 0 Å². The number of carboxylic acid groups (broad SMARTS) is 1. The van der Waals surface area contributed by atoms with Gasteiger partial charge in [-0.1, -0.05) is 18.2 Å². The summed E-state index contributed by atoms with van der Waals surface area (Å²) in [5.74, 6) is -0.320. The number of benzene rings is 1. The summed E-state index contributed by atoms with van der Waals surface area (Å²) >= 11 is 0. The van der Waals surface area contributed by atoms with E-state index in [1.54, 1.807) is 49.7 Å². The Bertz CT molecular complexity index is 535. The summed E-state index contributed by atoms with van der Waals surface area (Å²) in [4.78, 5) is 15.2. The summed E-state index contributed by atoms with van der Waals surface area (Å²) in [5.41, 5.74) is 1.46. The van der Waals surface area contributed by atoms with E-state index in [-0.39, 0.29) is 5.56 Å². The van der Waals surface area contributed by atoms with E-state index in [9.17, 15) is 4.79 Å². The zero-order valence-corrected chi connectivity index (χ0v) is 9.25. The lowest BCUT2D eigenvalue weighted by Crippen LogP contribution is -1.99. The lowest BCUT2D eigenvalue weighted by molar-refractivity contribution is 0.0697. The van der Waals surface area contributed by atoms with Gasteiger partial charge in [-0.3, -0.25) is 4.98 Å². The van der Waals surface area contributed by atoms with Gasteiger partial charge in [0.05, 0.1) is 24.6 Å². The van der Waals surface area contributed by atoms with Crippen LogP contribution in [0.25, 0.3) is 11.3 Å². The molecule has 0 aliphatic rings. The molecule has 2 aromatic rings. The van der Waals surface area contributed by atoms with Crippen LogP contribution in [0.3, 0.4) is 0 Å². The van der Waals surface area contributed by atoms with Gasteiger partial charge in [-0.05, 0) is 18.2 Å². The molecule has 1 heterocycles. The van der Waals surface area contributed by atoms with E-state index < -0.39 is 5.97 Å². The fraction of sp³-hybridized carbons (Fsp3) is 0.0769. The highest BCUT2D eigenvalue weighted by Gasteiger charge is 2.11. The predicted octanol–water partition coefficient (Wildman–Crippen LogP) is 2.46. The summed E-state index contributed by atoms with van der Waals surface area (Å²) in [7, 11) is 1.56. The molecular weight excluding hydrogens is 218 g/mol. The van der Waals surface area contributed by atoms with Gasteiger partial charge in [0.15, 0.2) is 0 Å². The number of aromatic nitrogens is 1. The molecule has 0 amide bonds.